The van der Waals surface area contributed by atoms with Crippen LogP contribution in [0.4, 0.5) is 0 Å². The van der Waals surface area contributed by atoms with Crippen LogP contribution in [0.15, 0.2) is 54.9 Å². The molecule has 1 N–H and O–H groups in total. The van der Waals surface area contributed by atoms with Crippen molar-refractivity contribution < 1.29 is 9.90 Å². The molecule has 1 aliphatic rings. The molecule has 0 radical (unpaired) electrons. The Kier molecular flexibility index (Phi) is 5.44. The average Bonchev–Trinajstić information content (AvgIpc) is 3.35. The summed E-state index contributed by atoms with van der Waals surface area (Å²) in [6.07, 6.45) is 6.76. The highest BCUT2D eigenvalue weighted by Gasteiger charge is 2.30. The van der Waals surface area contributed by atoms with E-state index in [2.05, 4.69) is 35.4 Å². The summed E-state index contributed by atoms with van der Waals surface area (Å²) >= 11 is 0. The summed E-state index contributed by atoms with van der Waals surface area (Å²) in [7, 11) is 1.84. The number of aliphatic hydroxyl groups excluding tert-OH is 1. The van der Waals surface area contributed by atoms with Gasteiger partial charge >= 0.3 is 0 Å². The molecule has 1 amide bonds. The monoisotopic (exact) mass is 377 g/mol. The lowest BCUT2D eigenvalue weighted by Crippen LogP contribution is -2.36. The Labute approximate surface area is 165 Å². The number of rotatable bonds is 6. The third-order valence-corrected chi connectivity index (χ3v) is 5.74. The van der Waals surface area contributed by atoms with E-state index >= 15 is 0 Å². The number of aliphatic hydroxyl groups is 1. The van der Waals surface area contributed by atoms with Gasteiger partial charge in [-0.1, -0.05) is 42.5 Å². The highest BCUT2D eigenvalue weighted by atomic mass is 16.3. The zero-order valence-electron chi connectivity index (χ0n) is 16.3. The molecule has 146 valence electrons. The highest BCUT2D eigenvalue weighted by Crippen LogP contribution is 2.28. The summed E-state index contributed by atoms with van der Waals surface area (Å²) in [5, 5.41) is 17.1. The number of benzene rings is 2. The number of amides is 1. The number of carbonyl (C=O) groups excluding carboxylic acids is 1. The summed E-state index contributed by atoms with van der Waals surface area (Å²) in [6.45, 7) is 0.793. The molecule has 1 aliphatic heterocycles. The molecule has 1 fully saturated rings. The van der Waals surface area contributed by atoms with Crippen LogP contribution >= 0.6 is 0 Å². The van der Waals surface area contributed by atoms with E-state index in [1.165, 1.54) is 16.3 Å². The molecule has 3 aromatic rings. The van der Waals surface area contributed by atoms with Gasteiger partial charge in [0.1, 0.15) is 0 Å². The molecule has 5 nitrogen and oxygen atoms in total. The van der Waals surface area contributed by atoms with E-state index in [4.69, 9.17) is 0 Å². The minimum absolute atomic E-state index is 0.110. The van der Waals surface area contributed by atoms with E-state index < -0.39 is 6.10 Å². The molecule has 0 bridgehead atoms. The summed E-state index contributed by atoms with van der Waals surface area (Å²) in [6, 6.07) is 14.8. The number of carbonyl (C=O) groups is 1. The Morgan fingerprint density at radius 3 is 2.86 bits per heavy atom. The predicted octanol–water partition coefficient (Wildman–Crippen LogP) is 3.62. The SMILES string of the molecule is Cn1cc([C@@H](O)C[C@H]2CCCN2C(=O)CCc2ccc3ccccc3c2)cn1. The number of nitrogens with zero attached hydrogens (tertiary/aromatic N) is 3. The largest absolute Gasteiger partial charge is 0.388 e. The van der Waals surface area contributed by atoms with Crippen molar-refractivity contribution in [2.75, 3.05) is 6.54 Å². The molecule has 2 aromatic carbocycles. The Bertz CT molecular complexity index is 965. The number of fused-ring (bicyclic) bond motifs is 1. The normalized spacial score (nSPS) is 17.9. The van der Waals surface area contributed by atoms with Crippen molar-refractivity contribution in [2.45, 2.75) is 44.2 Å². The van der Waals surface area contributed by atoms with Crippen molar-refractivity contribution in [3.63, 3.8) is 0 Å². The van der Waals surface area contributed by atoms with E-state index in [-0.39, 0.29) is 11.9 Å². The van der Waals surface area contributed by atoms with Gasteiger partial charge in [-0.05, 0) is 42.0 Å². The van der Waals surface area contributed by atoms with Gasteiger partial charge in [0, 0.05) is 37.8 Å². The molecule has 5 heteroatoms. The first kappa shape index (κ1) is 18.7. The first-order valence-electron chi connectivity index (χ1n) is 10.0. The predicted molar refractivity (Wildman–Crippen MR) is 110 cm³/mol. The molecule has 1 saturated heterocycles. The number of aromatic nitrogens is 2. The van der Waals surface area contributed by atoms with E-state index in [0.717, 1.165) is 31.4 Å². The van der Waals surface area contributed by atoms with Gasteiger partial charge in [-0.25, -0.2) is 0 Å². The van der Waals surface area contributed by atoms with Crippen LogP contribution in [0, 0.1) is 0 Å². The van der Waals surface area contributed by atoms with E-state index in [0.29, 0.717) is 12.8 Å². The number of hydrogen-bond donors (Lipinski definition) is 1. The van der Waals surface area contributed by atoms with E-state index in [1.54, 1.807) is 10.9 Å². The van der Waals surface area contributed by atoms with Gasteiger partial charge < -0.3 is 10.0 Å². The Morgan fingerprint density at radius 2 is 2.07 bits per heavy atom. The van der Waals surface area contributed by atoms with E-state index in [1.807, 2.05) is 30.3 Å². The lowest BCUT2D eigenvalue weighted by molar-refractivity contribution is -0.132. The van der Waals surface area contributed by atoms with Gasteiger partial charge in [-0.3, -0.25) is 9.48 Å². The van der Waals surface area contributed by atoms with Crippen LogP contribution in [0.5, 0.6) is 0 Å². The second kappa shape index (κ2) is 8.15. The first-order chi connectivity index (χ1) is 13.6. The van der Waals surface area contributed by atoms with Gasteiger partial charge in [0.2, 0.25) is 5.91 Å². The summed E-state index contributed by atoms with van der Waals surface area (Å²) in [5.74, 6) is 0.189. The molecule has 0 spiro atoms. The fourth-order valence-corrected chi connectivity index (χ4v) is 4.20. The fraction of sp³-hybridized carbons (Fsp3) is 0.391. The maximum atomic E-state index is 12.8. The highest BCUT2D eigenvalue weighted by molar-refractivity contribution is 5.83. The van der Waals surface area contributed by atoms with Gasteiger partial charge in [-0.15, -0.1) is 0 Å². The van der Waals surface area contributed by atoms with Crippen molar-refractivity contribution in [3.05, 3.63) is 66.0 Å². The maximum Gasteiger partial charge on any atom is 0.223 e. The zero-order chi connectivity index (χ0) is 19.5. The average molecular weight is 377 g/mol. The smallest absolute Gasteiger partial charge is 0.223 e. The quantitative estimate of drug-likeness (QED) is 0.714. The van der Waals surface area contributed by atoms with E-state index in [9.17, 15) is 9.90 Å². The molecule has 2 heterocycles. The third kappa shape index (κ3) is 4.09. The molecule has 4 rings (SSSR count). The lowest BCUT2D eigenvalue weighted by Gasteiger charge is -2.26. The molecular weight excluding hydrogens is 350 g/mol. The molecular formula is C23H27N3O2. The molecule has 2 atom stereocenters. The molecule has 28 heavy (non-hydrogen) atoms. The topological polar surface area (TPSA) is 58.4 Å². The van der Waals surface area contributed by atoms with Gasteiger partial charge in [0.15, 0.2) is 0 Å². The zero-order valence-corrected chi connectivity index (χ0v) is 16.3. The molecule has 1 aromatic heterocycles. The van der Waals surface area contributed by atoms with Crippen LogP contribution in [-0.2, 0) is 18.3 Å². The Hall–Kier alpha value is -2.66. The van der Waals surface area contributed by atoms with Crippen LogP contribution in [-0.4, -0.2) is 38.3 Å². The van der Waals surface area contributed by atoms with Crippen molar-refractivity contribution in [1.82, 2.24) is 14.7 Å². The summed E-state index contributed by atoms with van der Waals surface area (Å²) < 4.78 is 1.69. The summed E-state index contributed by atoms with van der Waals surface area (Å²) in [4.78, 5) is 14.8. The summed E-state index contributed by atoms with van der Waals surface area (Å²) in [5.41, 5.74) is 2.01. The van der Waals surface area contributed by atoms with Crippen LogP contribution in [0.1, 0.15) is 42.9 Å². The molecule has 0 unspecified atom stereocenters. The van der Waals surface area contributed by atoms with Crippen molar-refractivity contribution >= 4 is 16.7 Å². The molecule has 0 aliphatic carbocycles. The van der Waals surface area contributed by atoms with Crippen molar-refractivity contribution in [3.8, 4) is 0 Å². The molecule has 0 saturated carbocycles. The second-order valence-electron chi connectivity index (χ2n) is 7.76. The van der Waals surface area contributed by atoms with Gasteiger partial charge in [-0.2, -0.15) is 5.10 Å². The van der Waals surface area contributed by atoms with Crippen molar-refractivity contribution in [1.29, 1.82) is 0 Å². The van der Waals surface area contributed by atoms with Crippen LogP contribution in [0.2, 0.25) is 0 Å². The number of aryl methyl sites for hydroxylation is 2. The lowest BCUT2D eigenvalue weighted by atomic mass is 10.0. The second-order valence-corrected chi connectivity index (χ2v) is 7.76. The van der Waals surface area contributed by atoms with Crippen molar-refractivity contribution in [2.24, 2.45) is 7.05 Å². The fourth-order valence-electron chi connectivity index (χ4n) is 4.20. The first-order valence-corrected chi connectivity index (χ1v) is 10.0. The Balaban J connectivity index is 1.36. The number of likely N-dealkylation sites (tertiary alicyclic amines) is 1. The number of hydrogen-bond acceptors (Lipinski definition) is 3. The third-order valence-electron chi connectivity index (χ3n) is 5.74. The van der Waals surface area contributed by atoms with Gasteiger partial charge in [0.25, 0.3) is 0 Å². The standard InChI is InChI=1S/C23H27N3O2/c1-25-16-20(15-24-25)22(27)14-21-7-4-12-26(21)23(28)11-9-17-8-10-18-5-2-3-6-19(18)13-17/h2-3,5-6,8,10,13,15-16,21-22,27H,4,7,9,11-12,14H2,1H3/t21-,22+/m1/s1. The van der Waals surface area contributed by atoms with Crippen LogP contribution in [0.25, 0.3) is 10.8 Å². The van der Waals surface area contributed by atoms with Gasteiger partial charge in [0.05, 0.1) is 12.3 Å². The maximum absolute atomic E-state index is 12.8. The minimum Gasteiger partial charge on any atom is -0.388 e. The minimum atomic E-state index is -0.576. The Morgan fingerprint density at radius 1 is 1.25 bits per heavy atom. The van der Waals surface area contributed by atoms with Crippen LogP contribution < -0.4 is 0 Å². The van der Waals surface area contributed by atoms with Crippen LogP contribution in [0.3, 0.4) is 0 Å².